The molecule has 4 N–H and O–H groups in total. The summed E-state index contributed by atoms with van der Waals surface area (Å²) in [5.74, 6) is 0.435. The summed E-state index contributed by atoms with van der Waals surface area (Å²) in [4.78, 5) is 14.2. The Kier molecular flexibility index (Phi) is 6.17. The monoisotopic (exact) mass is 426 g/mol. The quantitative estimate of drug-likeness (QED) is 0.340. The Morgan fingerprint density at radius 1 is 1.32 bits per heavy atom. The van der Waals surface area contributed by atoms with Crippen molar-refractivity contribution in [2.45, 2.75) is 25.8 Å². The molecule has 1 aromatic carbocycles. The molecule has 12 nitrogen and oxygen atoms in total. The molecule has 12 heteroatoms. The van der Waals surface area contributed by atoms with E-state index in [0.717, 1.165) is 31.5 Å². The van der Waals surface area contributed by atoms with Gasteiger partial charge in [0.2, 0.25) is 11.6 Å². The Labute approximate surface area is 178 Å². The van der Waals surface area contributed by atoms with Gasteiger partial charge in [-0.2, -0.15) is 9.78 Å². The number of hydrazone groups is 1. The minimum Gasteiger partial charge on any atom is -0.496 e. The Bertz CT molecular complexity index is 1070. The number of nitrogens with two attached hydrogens (primary N) is 1. The van der Waals surface area contributed by atoms with E-state index in [4.69, 9.17) is 15.1 Å². The van der Waals surface area contributed by atoms with Crippen LogP contribution in [0.3, 0.4) is 0 Å². The van der Waals surface area contributed by atoms with Crippen molar-refractivity contribution in [3.05, 3.63) is 41.2 Å². The van der Waals surface area contributed by atoms with Crippen molar-refractivity contribution in [1.82, 2.24) is 30.7 Å². The van der Waals surface area contributed by atoms with Crippen LogP contribution in [0, 0.1) is 0 Å². The number of hydrogen-bond acceptors (Lipinski definition) is 9. The molecule has 0 bridgehead atoms. The summed E-state index contributed by atoms with van der Waals surface area (Å²) in [6, 6.07) is 7.35. The highest BCUT2D eigenvalue weighted by Crippen LogP contribution is 2.16. The molecule has 3 aromatic rings. The van der Waals surface area contributed by atoms with E-state index in [1.165, 1.54) is 22.2 Å². The third kappa shape index (κ3) is 4.53. The molecule has 3 heterocycles. The van der Waals surface area contributed by atoms with Crippen LogP contribution in [0.5, 0.6) is 5.75 Å². The second-order valence-electron chi connectivity index (χ2n) is 7.20. The number of nitrogens with zero attached hydrogens (tertiary/aromatic N) is 6. The normalized spacial score (nSPS) is 14.7. The van der Waals surface area contributed by atoms with E-state index in [2.05, 4.69) is 31.2 Å². The Morgan fingerprint density at radius 2 is 2.13 bits per heavy atom. The number of carbonyl (C=O) groups excluding carboxylic acids is 1. The fourth-order valence-electron chi connectivity index (χ4n) is 3.60. The molecule has 1 saturated heterocycles. The van der Waals surface area contributed by atoms with Gasteiger partial charge >= 0.3 is 0 Å². The number of hydrogen-bond donors (Lipinski definition) is 3. The molecule has 31 heavy (non-hydrogen) atoms. The molecule has 1 fully saturated rings. The van der Waals surface area contributed by atoms with Gasteiger partial charge in [-0.05, 0) is 41.7 Å². The van der Waals surface area contributed by atoms with Crippen molar-refractivity contribution < 1.29 is 19.1 Å². The number of nitrogen functional groups attached to an aromatic ring is 1. The Morgan fingerprint density at radius 3 is 2.87 bits per heavy atom. The average molecular weight is 426 g/mol. The minimum absolute atomic E-state index is 0.0703. The summed E-state index contributed by atoms with van der Waals surface area (Å²) in [7, 11) is 1.57. The molecule has 0 saturated carbocycles. The van der Waals surface area contributed by atoms with Crippen molar-refractivity contribution in [2.24, 2.45) is 5.10 Å². The van der Waals surface area contributed by atoms with Crippen molar-refractivity contribution in [1.29, 1.82) is 0 Å². The molecule has 0 unspecified atom stereocenters. The molecule has 1 amide bonds. The number of likely N-dealkylation sites (tertiary alicyclic amines) is 1. The van der Waals surface area contributed by atoms with Crippen LogP contribution in [0.25, 0.3) is 5.82 Å². The molecule has 1 aliphatic heterocycles. The number of piperidine rings is 1. The summed E-state index contributed by atoms with van der Waals surface area (Å²) in [5, 5.41) is 19.6. The second kappa shape index (κ2) is 9.34. The number of benzene rings is 1. The zero-order valence-electron chi connectivity index (χ0n) is 17.1. The number of methoxy groups -OCH3 is 1. The molecule has 0 spiro atoms. The van der Waals surface area contributed by atoms with E-state index in [-0.39, 0.29) is 17.3 Å². The van der Waals surface area contributed by atoms with E-state index < -0.39 is 5.91 Å². The lowest BCUT2D eigenvalue weighted by Crippen LogP contribution is -3.11. The van der Waals surface area contributed by atoms with Crippen molar-refractivity contribution in [3.63, 3.8) is 0 Å². The molecule has 0 radical (unpaired) electrons. The van der Waals surface area contributed by atoms with Gasteiger partial charge in [-0.25, -0.2) is 10.1 Å². The number of para-hydroxylation sites is 1. The maximum absolute atomic E-state index is 12.8. The fraction of sp³-hybridized carbons (Fsp3) is 0.368. The van der Waals surface area contributed by atoms with Gasteiger partial charge in [0.05, 0.1) is 26.4 Å². The first kappa shape index (κ1) is 20.5. The van der Waals surface area contributed by atoms with Crippen molar-refractivity contribution in [3.8, 4) is 11.6 Å². The lowest BCUT2D eigenvalue weighted by Gasteiger charge is -2.23. The second-order valence-corrected chi connectivity index (χ2v) is 7.20. The van der Waals surface area contributed by atoms with Gasteiger partial charge in [0, 0.05) is 5.56 Å². The van der Waals surface area contributed by atoms with E-state index in [9.17, 15) is 4.79 Å². The lowest BCUT2D eigenvalue weighted by molar-refractivity contribution is -0.918. The van der Waals surface area contributed by atoms with Crippen LogP contribution in [0.4, 0.5) is 5.82 Å². The van der Waals surface area contributed by atoms with Crippen LogP contribution in [-0.2, 0) is 6.54 Å². The molecular weight excluding hydrogens is 402 g/mol. The first-order chi connectivity index (χ1) is 15.2. The fourth-order valence-corrected chi connectivity index (χ4v) is 3.60. The Hall–Kier alpha value is -3.80. The minimum atomic E-state index is -0.487. The van der Waals surface area contributed by atoms with E-state index in [1.54, 1.807) is 7.11 Å². The van der Waals surface area contributed by atoms with Crippen LogP contribution in [0.1, 0.15) is 41.0 Å². The molecule has 4 rings (SSSR count). The number of rotatable bonds is 7. The highest BCUT2D eigenvalue weighted by Gasteiger charge is 2.27. The highest BCUT2D eigenvalue weighted by molar-refractivity contribution is 5.94. The largest absolute Gasteiger partial charge is 0.496 e. The predicted molar refractivity (Wildman–Crippen MR) is 110 cm³/mol. The van der Waals surface area contributed by atoms with E-state index in [0.29, 0.717) is 18.0 Å². The third-order valence-electron chi connectivity index (χ3n) is 5.16. The van der Waals surface area contributed by atoms with Crippen LogP contribution in [-0.4, -0.2) is 57.6 Å². The summed E-state index contributed by atoms with van der Waals surface area (Å²) in [5.41, 5.74) is 9.80. The summed E-state index contributed by atoms with van der Waals surface area (Å²) in [6.07, 6.45) is 4.99. The van der Waals surface area contributed by atoms with Crippen LogP contribution >= 0.6 is 0 Å². The number of anilines is 1. The zero-order valence-corrected chi connectivity index (χ0v) is 17.1. The van der Waals surface area contributed by atoms with E-state index in [1.807, 2.05) is 24.3 Å². The van der Waals surface area contributed by atoms with E-state index >= 15 is 0 Å². The zero-order chi connectivity index (χ0) is 21.6. The third-order valence-corrected chi connectivity index (χ3v) is 5.16. The average Bonchev–Trinajstić information content (AvgIpc) is 3.40. The van der Waals surface area contributed by atoms with Gasteiger partial charge in [0.25, 0.3) is 5.91 Å². The topological polar surface area (TPSA) is 151 Å². The number of ether oxygens (including phenoxy) is 1. The summed E-state index contributed by atoms with van der Waals surface area (Å²) < 4.78 is 11.4. The van der Waals surface area contributed by atoms with Gasteiger partial charge in [-0.1, -0.05) is 17.3 Å². The van der Waals surface area contributed by atoms with Crippen LogP contribution in [0.15, 0.2) is 34.0 Å². The van der Waals surface area contributed by atoms with Gasteiger partial charge in [0.15, 0.2) is 5.69 Å². The maximum atomic E-state index is 12.8. The maximum Gasteiger partial charge on any atom is 0.294 e. The number of nitrogens with one attached hydrogen (secondary N) is 2. The van der Waals surface area contributed by atoms with Crippen molar-refractivity contribution >= 4 is 17.9 Å². The smallest absolute Gasteiger partial charge is 0.294 e. The lowest BCUT2D eigenvalue weighted by atomic mass is 10.1. The molecule has 162 valence electrons. The standard InChI is InChI=1S/C19H23N9O3/c1-30-15-8-4-3-7-13(15)11-21-23-19(29)16-14(12-27-9-5-2-6-10-27)28(26-22-16)18-17(20)24-31-25-18/h3-4,7-8,11H,2,5-6,9-10,12H2,1H3,(H2,20,24)(H,23,29)/p+1/b21-11-. The van der Waals surface area contributed by atoms with Crippen molar-refractivity contribution in [2.75, 3.05) is 25.9 Å². The molecule has 0 atom stereocenters. The number of amides is 1. The first-order valence-electron chi connectivity index (χ1n) is 10.0. The Balaban J connectivity index is 1.57. The number of carbonyl (C=O) groups is 1. The summed E-state index contributed by atoms with van der Waals surface area (Å²) >= 11 is 0. The molecular formula is C19H24N9O3+. The number of aromatic nitrogens is 5. The summed E-state index contributed by atoms with van der Waals surface area (Å²) in [6.45, 7) is 2.55. The van der Waals surface area contributed by atoms with Gasteiger partial charge in [-0.15, -0.1) is 5.10 Å². The van der Waals surface area contributed by atoms with Gasteiger partial charge in [-0.3, -0.25) is 4.79 Å². The van der Waals surface area contributed by atoms with Gasteiger partial charge in [0.1, 0.15) is 18.0 Å². The molecule has 2 aromatic heterocycles. The van der Waals surface area contributed by atoms with Crippen LogP contribution < -0.4 is 20.8 Å². The van der Waals surface area contributed by atoms with Gasteiger partial charge < -0.3 is 15.4 Å². The SMILES string of the molecule is COc1ccccc1/C=N\NC(=O)c1nnn(-c2nonc2N)c1C[NH+]1CCCCC1. The highest BCUT2D eigenvalue weighted by atomic mass is 16.6. The molecule has 1 aliphatic rings. The molecule has 0 aliphatic carbocycles. The number of quaternary nitrogens is 1. The van der Waals surface area contributed by atoms with Crippen LogP contribution in [0.2, 0.25) is 0 Å². The first-order valence-corrected chi connectivity index (χ1v) is 10.0. The predicted octanol–water partition coefficient (Wildman–Crippen LogP) is -0.426.